The van der Waals surface area contributed by atoms with Gasteiger partial charge in [-0.3, -0.25) is 9.88 Å². The summed E-state index contributed by atoms with van der Waals surface area (Å²) in [5.74, 6) is 2.05. The predicted octanol–water partition coefficient (Wildman–Crippen LogP) is 1.27. The van der Waals surface area contributed by atoms with Gasteiger partial charge in [-0.05, 0) is 25.8 Å². The van der Waals surface area contributed by atoms with Gasteiger partial charge in [0.25, 0.3) is 0 Å². The maximum Gasteiger partial charge on any atom is 0.183 e. The maximum atomic E-state index is 5.77. The summed E-state index contributed by atoms with van der Waals surface area (Å²) in [5.41, 5.74) is 6.69. The summed E-state index contributed by atoms with van der Waals surface area (Å²) >= 11 is 0. The smallest absolute Gasteiger partial charge is 0.183 e. The second-order valence-electron chi connectivity index (χ2n) is 5.11. The molecule has 2 heterocycles. The highest BCUT2D eigenvalue weighted by molar-refractivity contribution is 5.42. The van der Waals surface area contributed by atoms with Crippen LogP contribution in [-0.4, -0.2) is 43.2 Å². The van der Waals surface area contributed by atoms with Crippen LogP contribution in [-0.2, 0) is 6.54 Å². The summed E-state index contributed by atoms with van der Waals surface area (Å²) in [4.78, 5) is 6.83. The van der Waals surface area contributed by atoms with Gasteiger partial charge in [-0.15, -0.1) is 0 Å². The van der Waals surface area contributed by atoms with Crippen LogP contribution in [0.4, 0.5) is 0 Å². The predicted molar refractivity (Wildman–Crippen MR) is 74.4 cm³/mol. The van der Waals surface area contributed by atoms with Crippen molar-refractivity contribution in [3.05, 3.63) is 18.0 Å². The van der Waals surface area contributed by atoms with Crippen molar-refractivity contribution in [2.24, 2.45) is 11.7 Å². The van der Waals surface area contributed by atoms with E-state index in [9.17, 15) is 0 Å². The van der Waals surface area contributed by atoms with E-state index in [-0.39, 0.29) is 0 Å². The van der Waals surface area contributed by atoms with Crippen LogP contribution in [0.1, 0.15) is 19.0 Å². The molecule has 5 heteroatoms. The summed E-state index contributed by atoms with van der Waals surface area (Å²) in [6.07, 6.45) is 2.92. The van der Waals surface area contributed by atoms with Gasteiger partial charge >= 0.3 is 0 Å². The van der Waals surface area contributed by atoms with Crippen LogP contribution in [0.25, 0.3) is 0 Å². The Bertz CT molecular complexity index is 425. The summed E-state index contributed by atoms with van der Waals surface area (Å²) in [7, 11) is 3.30. The molecule has 1 aromatic heterocycles. The number of ether oxygens (including phenoxy) is 2. The van der Waals surface area contributed by atoms with Gasteiger partial charge in [-0.1, -0.05) is 0 Å². The fourth-order valence-electron chi connectivity index (χ4n) is 2.76. The molecule has 1 aliphatic heterocycles. The third-order valence-corrected chi connectivity index (χ3v) is 3.84. The number of pyridine rings is 1. The zero-order valence-electron chi connectivity index (χ0n) is 11.9. The summed E-state index contributed by atoms with van der Waals surface area (Å²) < 4.78 is 10.7. The molecule has 5 nitrogen and oxygen atoms in total. The quantitative estimate of drug-likeness (QED) is 0.868. The lowest BCUT2D eigenvalue weighted by Gasteiger charge is -2.22. The number of rotatable bonds is 5. The number of aromatic nitrogens is 1. The Balaban J connectivity index is 2.15. The zero-order chi connectivity index (χ0) is 13.8. The Hall–Kier alpha value is -1.33. The monoisotopic (exact) mass is 265 g/mol. The maximum absolute atomic E-state index is 5.77. The van der Waals surface area contributed by atoms with Gasteiger partial charge in [0.05, 0.1) is 14.2 Å². The molecule has 0 aromatic carbocycles. The third-order valence-electron chi connectivity index (χ3n) is 3.84. The first-order valence-electron chi connectivity index (χ1n) is 6.69. The van der Waals surface area contributed by atoms with Gasteiger partial charge in [0, 0.05) is 31.4 Å². The zero-order valence-corrected chi connectivity index (χ0v) is 11.9. The molecule has 0 saturated carbocycles. The van der Waals surface area contributed by atoms with Crippen LogP contribution in [0.5, 0.6) is 11.5 Å². The van der Waals surface area contributed by atoms with Crippen molar-refractivity contribution in [1.82, 2.24) is 9.88 Å². The molecule has 0 aliphatic carbocycles. The minimum Gasteiger partial charge on any atom is -0.493 e. The highest BCUT2D eigenvalue weighted by Crippen LogP contribution is 2.32. The number of nitrogens with zero attached hydrogens (tertiary/aromatic N) is 2. The van der Waals surface area contributed by atoms with E-state index in [4.69, 9.17) is 15.2 Å². The van der Waals surface area contributed by atoms with E-state index in [0.717, 1.165) is 43.2 Å². The third kappa shape index (κ3) is 2.98. The molecule has 2 unspecified atom stereocenters. The summed E-state index contributed by atoms with van der Waals surface area (Å²) in [6, 6.07) is 2.35. The van der Waals surface area contributed by atoms with Gasteiger partial charge in [0.15, 0.2) is 11.5 Å². The van der Waals surface area contributed by atoms with E-state index in [1.54, 1.807) is 20.4 Å². The molecule has 2 rings (SSSR count). The molecule has 1 fully saturated rings. The molecule has 1 saturated heterocycles. The van der Waals surface area contributed by atoms with Gasteiger partial charge < -0.3 is 15.2 Å². The van der Waals surface area contributed by atoms with Crippen molar-refractivity contribution >= 4 is 0 Å². The second-order valence-corrected chi connectivity index (χ2v) is 5.11. The molecule has 0 amide bonds. The molecule has 19 heavy (non-hydrogen) atoms. The van der Waals surface area contributed by atoms with Gasteiger partial charge in [-0.2, -0.15) is 0 Å². The second kappa shape index (κ2) is 6.21. The molecule has 0 bridgehead atoms. The van der Waals surface area contributed by atoms with Crippen molar-refractivity contribution in [3.8, 4) is 11.5 Å². The summed E-state index contributed by atoms with van der Waals surface area (Å²) in [6.45, 7) is 4.80. The molecule has 1 aromatic rings. The molecular formula is C14H23N3O2. The highest BCUT2D eigenvalue weighted by Gasteiger charge is 2.29. The molecule has 0 spiro atoms. The van der Waals surface area contributed by atoms with E-state index in [1.807, 2.05) is 6.07 Å². The van der Waals surface area contributed by atoms with Gasteiger partial charge in [-0.25, -0.2) is 0 Å². The van der Waals surface area contributed by atoms with E-state index in [1.165, 1.54) is 0 Å². The van der Waals surface area contributed by atoms with Crippen LogP contribution in [0.15, 0.2) is 12.3 Å². The standard InChI is InChI=1S/C14H23N3O2/c1-10-6-11(7-15)8-17(10)9-12-14(19-3)13(18-2)4-5-16-12/h4-5,10-11H,6-9,15H2,1-3H3. The van der Waals surface area contributed by atoms with E-state index < -0.39 is 0 Å². The molecule has 2 atom stereocenters. The van der Waals surface area contributed by atoms with Gasteiger partial charge in [0.2, 0.25) is 0 Å². The Kier molecular flexibility index (Phi) is 4.61. The number of likely N-dealkylation sites (tertiary alicyclic amines) is 1. The fraction of sp³-hybridized carbons (Fsp3) is 0.643. The largest absolute Gasteiger partial charge is 0.493 e. The van der Waals surface area contributed by atoms with Crippen molar-refractivity contribution in [1.29, 1.82) is 0 Å². The van der Waals surface area contributed by atoms with Crippen LogP contribution in [0.3, 0.4) is 0 Å². The lowest BCUT2D eigenvalue weighted by molar-refractivity contribution is 0.246. The number of hydrogen-bond acceptors (Lipinski definition) is 5. The normalized spacial score (nSPS) is 23.6. The average molecular weight is 265 g/mol. The minimum atomic E-state index is 0.534. The van der Waals surface area contributed by atoms with Crippen LogP contribution in [0.2, 0.25) is 0 Å². The first-order chi connectivity index (χ1) is 9.19. The first kappa shape index (κ1) is 14.1. The minimum absolute atomic E-state index is 0.534. The number of hydrogen-bond donors (Lipinski definition) is 1. The van der Waals surface area contributed by atoms with Gasteiger partial charge in [0.1, 0.15) is 5.69 Å². The molecule has 1 aliphatic rings. The molecule has 2 N–H and O–H groups in total. The Morgan fingerprint density at radius 2 is 2.21 bits per heavy atom. The molecular weight excluding hydrogens is 242 g/mol. The highest BCUT2D eigenvalue weighted by atomic mass is 16.5. The van der Waals surface area contributed by atoms with E-state index in [0.29, 0.717) is 12.0 Å². The Morgan fingerprint density at radius 3 is 2.79 bits per heavy atom. The number of nitrogens with two attached hydrogens (primary N) is 1. The lowest BCUT2D eigenvalue weighted by atomic mass is 10.1. The Morgan fingerprint density at radius 1 is 1.42 bits per heavy atom. The molecule has 0 radical (unpaired) electrons. The Labute approximate surface area is 114 Å². The van der Waals surface area contributed by atoms with Crippen LogP contribution < -0.4 is 15.2 Å². The topological polar surface area (TPSA) is 60.6 Å². The van der Waals surface area contributed by atoms with Crippen molar-refractivity contribution in [2.45, 2.75) is 25.9 Å². The molecule has 106 valence electrons. The van der Waals surface area contributed by atoms with Crippen LogP contribution >= 0.6 is 0 Å². The van der Waals surface area contributed by atoms with Crippen LogP contribution in [0, 0.1) is 5.92 Å². The number of methoxy groups -OCH3 is 2. The van der Waals surface area contributed by atoms with E-state index >= 15 is 0 Å². The SMILES string of the molecule is COc1ccnc(CN2CC(CN)CC2C)c1OC. The van der Waals surface area contributed by atoms with Crippen molar-refractivity contribution < 1.29 is 9.47 Å². The lowest BCUT2D eigenvalue weighted by Crippen LogP contribution is -2.28. The van der Waals surface area contributed by atoms with E-state index in [2.05, 4.69) is 16.8 Å². The van der Waals surface area contributed by atoms with Crippen molar-refractivity contribution in [3.63, 3.8) is 0 Å². The fourth-order valence-corrected chi connectivity index (χ4v) is 2.76. The van der Waals surface area contributed by atoms with Crippen molar-refractivity contribution in [2.75, 3.05) is 27.3 Å². The average Bonchev–Trinajstić information content (AvgIpc) is 2.79. The summed E-state index contributed by atoms with van der Waals surface area (Å²) in [5, 5.41) is 0. The first-order valence-corrected chi connectivity index (χ1v) is 6.69.